The molecule has 0 bridgehead atoms. The molecule has 3 aliphatic rings. The predicted octanol–water partition coefficient (Wildman–Crippen LogP) is 2.61. The van der Waals surface area contributed by atoms with Gasteiger partial charge in [-0.3, -0.25) is 14.4 Å². The summed E-state index contributed by atoms with van der Waals surface area (Å²) in [5.74, 6) is 0.224. The van der Waals surface area contributed by atoms with Crippen molar-refractivity contribution in [3.8, 4) is 11.5 Å². The molecule has 3 heterocycles. The molecular formula is C22H18N2O5. The van der Waals surface area contributed by atoms with Gasteiger partial charge in [0.05, 0.1) is 11.3 Å². The third-order valence-electron chi connectivity index (χ3n) is 5.43. The molecule has 5 rings (SSSR count). The number of rotatable bonds is 2. The lowest BCUT2D eigenvalue weighted by atomic mass is 10.1. The Morgan fingerprint density at radius 3 is 2.79 bits per heavy atom. The first-order valence-electron chi connectivity index (χ1n) is 9.49. The van der Waals surface area contributed by atoms with E-state index in [9.17, 15) is 14.4 Å². The van der Waals surface area contributed by atoms with Gasteiger partial charge in [-0.25, -0.2) is 4.90 Å². The van der Waals surface area contributed by atoms with Crippen molar-refractivity contribution in [2.45, 2.75) is 18.9 Å². The Hall–Kier alpha value is -3.61. The summed E-state index contributed by atoms with van der Waals surface area (Å²) in [6, 6.07) is 11.5. The molecule has 1 fully saturated rings. The Labute approximate surface area is 167 Å². The van der Waals surface area contributed by atoms with E-state index in [-0.39, 0.29) is 18.6 Å². The number of fused-ring (bicyclic) bond motifs is 3. The standard InChI is InChI=1S/C22H18N2O5/c25-20(10-8-14-7-9-18-19(12-14)29-13-28-18)24-16-5-2-1-4-15(16)21(26)23-11-3-6-17(23)22(24)27/h1-2,4-5,7-10,12,17H,3,6,11,13H2/b10-8+/t17-/m1/s1. The molecule has 1 saturated heterocycles. The van der Waals surface area contributed by atoms with E-state index in [0.29, 0.717) is 35.7 Å². The van der Waals surface area contributed by atoms with Crippen LogP contribution in [0.3, 0.4) is 0 Å². The third kappa shape index (κ3) is 2.86. The molecule has 2 aromatic carbocycles. The second-order valence-electron chi connectivity index (χ2n) is 7.13. The van der Waals surface area contributed by atoms with E-state index < -0.39 is 11.9 Å². The number of amides is 3. The van der Waals surface area contributed by atoms with Gasteiger partial charge in [0.25, 0.3) is 17.7 Å². The number of imide groups is 1. The molecule has 2 aromatic rings. The SMILES string of the molecule is O=C(/C=C/c1ccc2c(c1)OCO2)N1C(=O)[C@H]2CCCN2C(=O)c2ccccc21. The number of hydrogen-bond donors (Lipinski definition) is 0. The van der Waals surface area contributed by atoms with E-state index in [1.54, 1.807) is 53.4 Å². The van der Waals surface area contributed by atoms with Gasteiger partial charge in [0.15, 0.2) is 11.5 Å². The van der Waals surface area contributed by atoms with Crippen molar-refractivity contribution >= 4 is 29.5 Å². The van der Waals surface area contributed by atoms with Crippen molar-refractivity contribution in [3.63, 3.8) is 0 Å². The van der Waals surface area contributed by atoms with Crippen LogP contribution in [0.2, 0.25) is 0 Å². The number of hydrogen-bond acceptors (Lipinski definition) is 5. The van der Waals surface area contributed by atoms with Crippen molar-refractivity contribution in [1.29, 1.82) is 0 Å². The fourth-order valence-corrected chi connectivity index (χ4v) is 4.02. The zero-order valence-electron chi connectivity index (χ0n) is 15.5. The van der Waals surface area contributed by atoms with Gasteiger partial charge >= 0.3 is 0 Å². The molecule has 0 saturated carbocycles. The topological polar surface area (TPSA) is 76.2 Å². The predicted molar refractivity (Wildman–Crippen MR) is 105 cm³/mol. The highest BCUT2D eigenvalue weighted by molar-refractivity contribution is 6.25. The summed E-state index contributed by atoms with van der Waals surface area (Å²) in [4.78, 5) is 41.9. The lowest BCUT2D eigenvalue weighted by molar-refractivity contribution is -0.126. The van der Waals surface area contributed by atoms with Crippen molar-refractivity contribution in [3.05, 3.63) is 59.7 Å². The second kappa shape index (κ2) is 6.77. The van der Waals surface area contributed by atoms with Crippen LogP contribution in [0.5, 0.6) is 11.5 Å². The molecule has 29 heavy (non-hydrogen) atoms. The van der Waals surface area contributed by atoms with Crippen molar-refractivity contribution in [2.24, 2.45) is 0 Å². The van der Waals surface area contributed by atoms with Gasteiger partial charge in [0.1, 0.15) is 6.04 Å². The smallest absolute Gasteiger partial charge is 0.257 e. The van der Waals surface area contributed by atoms with Gasteiger partial charge < -0.3 is 14.4 Å². The van der Waals surface area contributed by atoms with Crippen LogP contribution < -0.4 is 14.4 Å². The highest BCUT2D eigenvalue weighted by Gasteiger charge is 2.43. The number of carbonyl (C=O) groups excluding carboxylic acids is 3. The minimum absolute atomic E-state index is 0.173. The summed E-state index contributed by atoms with van der Waals surface area (Å²) >= 11 is 0. The maximum absolute atomic E-state index is 13.2. The van der Waals surface area contributed by atoms with E-state index in [4.69, 9.17) is 9.47 Å². The summed E-state index contributed by atoms with van der Waals surface area (Å²) in [7, 11) is 0. The number of carbonyl (C=O) groups is 3. The van der Waals surface area contributed by atoms with E-state index in [2.05, 4.69) is 0 Å². The normalized spacial score (nSPS) is 20.1. The number of benzene rings is 2. The van der Waals surface area contributed by atoms with Crippen LogP contribution in [0, 0.1) is 0 Å². The average molecular weight is 390 g/mol. The van der Waals surface area contributed by atoms with Crippen LogP contribution in [-0.4, -0.2) is 42.0 Å². The molecule has 7 heteroatoms. The first kappa shape index (κ1) is 17.5. The number of ether oxygens (including phenoxy) is 2. The molecule has 0 spiro atoms. The highest BCUT2D eigenvalue weighted by Crippen LogP contribution is 2.34. The monoisotopic (exact) mass is 390 g/mol. The van der Waals surface area contributed by atoms with Crippen molar-refractivity contribution in [1.82, 2.24) is 4.90 Å². The highest BCUT2D eigenvalue weighted by atomic mass is 16.7. The molecule has 0 unspecified atom stereocenters. The third-order valence-corrected chi connectivity index (χ3v) is 5.43. The van der Waals surface area contributed by atoms with Gasteiger partial charge in [-0.05, 0) is 48.7 Å². The molecule has 0 aromatic heterocycles. The second-order valence-corrected chi connectivity index (χ2v) is 7.13. The summed E-state index contributed by atoms with van der Waals surface area (Å²) < 4.78 is 10.6. The fourth-order valence-electron chi connectivity index (χ4n) is 4.02. The van der Waals surface area contributed by atoms with Gasteiger partial charge in [0, 0.05) is 12.6 Å². The maximum atomic E-state index is 13.2. The van der Waals surface area contributed by atoms with Crippen molar-refractivity contribution in [2.75, 3.05) is 18.2 Å². The lowest BCUT2D eigenvalue weighted by Crippen LogP contribution is -2.46. The molecule has 0 radical (unpaired) electrons. The van der Waals surface area contributed by atoms with Crippen LogP contribution in [0.4, 0.5) is 5.69 Å². The number of nitrogens with zero attached hydrogens (tertiary/aromatic N) is 2. The molecule has 1 atom stereocenters. The van der Waals surface area contributed by atoms with E-state index >= 15 is 0 Å². The first-order valence-corrected chi connectivity index (χ1v) is 9.49. The van der Waals surface area contributed by atoms with Crippen LogP contribution in [0.15, 0.2) is 48.5 Å². The van der Waals surface area contributed by atoms with Gasteiger partial charge in [-0.1, -0.05) is 18.2 Å². The van der Waals surface area contributed by atoms with E-state index in [1.165, 1.54) is 6.08 Å². The number of anilines is 1. The lowest BCUT2D eigenvalue weighted by Gasteiger charge is -2.23. The summed E-state index contributed by atoms with van der Waals surface area (Å²) in [6.07, 6.45) is 4.29. The maximum Gasteiger partial charge on any atom is 0.257 e. The average Bonchev–Trinajstić information content (AvgIpc) is 3.39. The fraction of sp³-hybridized carbons (Fsp3) is 0.227. The zero-order valence-corrected chi connectivity index (χ0v) is 15.5. The Morgan fingerprint density at radius 2 is 1.90 bits per heavy atom. The van der Waals surface area contributed by atoms with Gasteiger partial charge in [0.2, 0.25) is 6.79 Å². The van der Waals surface area contributed by atoms with Gasteiger partial charge in [-0.2, -0.15) is 0 Å². The van der Waals surface area contributed by atoms with E-state index in [0.717, 1.165) is 16.9 Å². The quantitative estimate of drug-likeness (QED) is 0.737. The summed E-state index contributed by atoms with van der Waals surface area (Å²) in [6.45, 7) is 0.699. The van der Waals surface area contributed by atoms with Crippen LogP contribution in [-0.2, 0) is 9.59 Å². The number of para-hydroxylation sites is 1. The van der Waals surface area contributed by atoms with Crippen LogP contribution in [0.1, 0.15) is 28.8 Å². The summed E-state index contributed by atoms with van der Waals surface area (Å²) in [5, 5.41) is 0. The molecule has 7 nitrogen and oxygen atoms in total. The molecule has 0 aliphatic carbocycles. The van der Waals surface area contributed by atoms with Gasteiger partial charge in [-0.15, -0.1) is 0 Å². The molecular weight excluding hydrogens is 372 g/mol. The van der Waals surface area contributed by atoms with Crippen LogP contribution >= 0.6 is 0 Å². The summed E-state index contributed by atoms with van der Waals surface area (Å²) in [5.41, 5.74) is 1.45. The Kier molecular flexibility index (Phi) is 4.08. The first-order chi connectivity index (χ1) is 14.1. The van der Waals surface area contributed by atoms with Crippen LogP contribution in [0.25, 0.3) is 6.08 Å². The minimum Gasteiger partial charge on any atom is -0.454 e. The zero-order chi connectivity index (χ0) is 20.0. The Balaban J connectivity index is 1.50. The molecule has 3 amide bonds. The van der Waals surface area contributed by atoms with Crippen molar-refractivity contribution < 1.29 is 23.9 Å². The van der Waals surface area contributed by atoms with E-state index in [1.807, 2.05) is 0 Å². The molecule has 146 valence electrons. The Bertz CT molecular complexity index is 1060. The molecule has 3 aliphatic heterocycles. The molecule has 0 N–H and O–H groups in total. The minimum atomic E-state index is -0.599. The largest absolute Gasteiger partial charge is 0.454 e. The Morgan fingerprint density at radius 1 is 1.07 bits per heavy atom.